The molecule has 0 bridgehead atoms. The average Bonchev–Trinajstić information content (AvgIpc) is 2.36. The van der Waals surface area contributed by atoms with Crippen molar-refractivity contribution in [2.45, 2.75) is 40.2 Å². The number of nitrogens with two attached hydrogens (primary N) is 1. The van der Waals surface area contributed by atoms with Crippen LogP contribution in [0.15, 0.2) is 0 Å². The Hall–Kier alpha value is -1.10. The van der Waals surface area contributed by atoms with E-state index in [1.165, 1.54) is 0 Å². The molecule has 0 aliphatic carbocycles. The molecule has 1 fully saturated rings. The predicted octanol–water partition coefficient (Wildman–Crippen LogP) is 0.687. The highest BCUT2D eigenvalue weighted by Crippen LogP contribution is 2.10. The van der Waals surface area contributed by atoms with Crippen LogP contribution in [0.5, 0.6) is 0 Å². The van der Waals surface area contributed by atoms with Crippen molar-refractivity contribution in [1.82, 2.24) is 9.80 Å². The second-order valence-corrected chi connectivity index (χ2v) is 6.07. The third-order valence-corrected chi connectivity index (χ3v) is 3.53. The minimum atomic E-state index is -0.432. The minimum absolute atomic E-state index is 0.00552. The summed E-state index contributed by atoms with van der Waals surface area (Å²) in [7, 11) is 0. The summed E-state index contributed by atoms with van der Waals surface area (Å²) in [6, 6.07) is -0.432. The summed E-state index contributed by atoms with van der Waals surface area (Å²) in [5.74, 6) is 0.718. The third-order valence-electron chi connectivity index (χ3n) is 3.53. The van der Waals surface area contributed by atoms with Gasteiger partial charge in [0.15, 0.2) is 0 Å². The summed E-state index contributed by atoms with van der Waals surface area (Å²) in [5.41, 5.74) is 5.88. The van der Waals surface area contributed by atoms with E-state index in [-0.39, 0.29) is 17.7 Å². The fourth-order valence-corrected chi connectivity index (χ4v) is 2.15. The first kappa shape index (κ1) is 16.0. The quantitative estimate of drug-likeness (QED) is 0.816. The Morgan fingerprint density at radius 3 is 1.89 bits per heavy atom. The van der Waals surface area contributed by atoms with Gasteiger partial charge in [-0.05, 0) is 11.8 Å². The summed E-state index contributed by atoms with van der Waals surface area (Å²) in [6.45, 7) is 10.4. The van der Waals surface area contributed by atoms with E-state index >= 15 is 0 Å². The van der Waals surface area contributed by atoms with Crippen molar-refractivity contribution in [1.29, 1.82) is 0 Å². The number of hydrogen-bond acceptors (Lipinski definition) is 3. The molecule has 0 spiro atoms. The Labute approximate surface area is 116 Å². The normalized spacial score (nSPS) is 18.1. The van der Waals surface area contributed by atoms with E-state index in [0.29, 0.717) is 38.5 Å². The van der Waals surface area contributed by atoms with E-state index in [1.807, 2.05) is 32.6 Å². The van der Waals surface area contributed by atoms with Crippen LogP contribution >= 0.6 is 0 Å². The van der Waals surface area contributed by atoms with Crippen molar-refractivity contribution in [2.24, 2.45) is 17.6 Å². The zero-order chi connectivity index (χ0) is 14.6. The van der Waals surface area contributed by atoms with E-state index in [0.717, 1.165) is 0 Å². The maximum Gasteiger partial charge on any atom is 0.239 e. The monoisotopic (exact) mass is 269 g/mol. The molecule has 1 aliphatic rings. The fraction of sp³-hybridized carbons (Fsp3) is 0.857. The van der Waals surface area contributed by atoms with Gasteiger partial charge in [-0.2, -0.15) is 0 Å². The third kappa shape index (κ3) is 4.49. The van der Waals surface area contributed by atoms with Crippen molar-refractivity contribution < 1.29 is 9.59 Å². The standard InChI is InChI=1S/C14H27N3O2/c1-10(2)9-12(18)16-5-7-17(8-6-16)14(19)13(15)11(3)4/h10-11,13H,5-9,15H2,1-4H3. The van der Waals surface area contributed by atoms with Gasteiger partial charge < -0.3 is 15.5 Å². The highest BCUT2D eigenvalue weighted by atomic mass is 16.2. The maximum absolute atomic E-state index is 12.1. The number of nitrogens with zero attached hydrogens (tertiary/aromatic N) is 2. The van der Waals surface area contributed by atoms with Crippen LogP contribution in [-0.2, 0) is 9.59 Å². The molecule has 1 aliphatic heterocycles. The lowest BCUT2D eigenvalue weighted by atomic mass is 10.0. The molecule has 19 heavy (non-hydrogen) atoms. The Morgan fingerprint density at radius 1 is 1.00 bits per heavy atom. The number of carbonyl (C=O) groups is 2. The molecule has 5 nitrogen and oxygen atoms in total. The highest BCUT2D eigenvalue weighted by Gasteiger charge is 2.28. The largest absolute Gasteiger partial charge is 0.339 e. The minimum Gasteiger partial charge on any atom is -0.339 e. The van der Waals surface area contributed by atoms with Crippen LogP contribution < -0.4 is 5.73 Å². The molecule has 5 heteroatoms. The summed E-state index contributed by atoms with van der Waals surface area (Å²) in [4.78, 5) is 27.6. The zero-order valence-electron chi connectivity index (χ0n) is 12.6. The number of piperazine rings is 1. The summed E-state index contributed by atoms with van der Waals surface area (Å²) in [5, 5.41) is 0. The molecule has 2 amide bonds. The molecule has 0 aromatic rings. The molecule has 0 aromatic heterocycles. The first-order chi connectivity index (χ1) is 8.82. The van der Waals surface area contributed by atoms with Crippen LogP contribution in [0.1, 0.15) is 34.1 Å². The zero-order valence-corrected chi connectivity index (χ0v) is 12.6. The second-order valence-electron chi connectivity index (χ2n) is 6.07. The second kappa shape index (κ2) is 6.89. The molecule has 1 unspecified atom stereocenters. The first-order valence-electron chi connectivity index (χ1n) is 7.15. The lowest BCUT2D eigenvalue weighted by Gasteiger charge is -2.36. The van der Waals surface area contributed by atoms with Gasteiger partial charge in [0, 0.05) is 32.6 Å². The van der Waals surface area contributed by atoms with Gasteiger partial charge >= 0.3 is 0 Å². The van der Waals surface area contributed by atoms with Crippen LogP contribution in [-0.4, -0.2) is 53.8 Å². The van der Waals surface area contributed by atoms with Gasteiger partial charge in [0.1, 0.15) is 0 Å². The number of amides is 2. The van der Waals surface area contributed by atoms with E-state index < -0.39 is 6.04 Å². The van der Waals surface area contributed by atoms with E-state index in [4.69, 9.17) is 5.73 Å². The van der Waals surface area contributed by atoms with E-state index in [2.05, 4.69) is 0 Å². The fourth-order valence-electron chi connectivity index (χ4n) is 2.15. The Balaban J connectivity index is 2.45. The topological polar surface area (TPSA) is 66.6 Å². The summed E-state index contributed by atoms with van der Waals surface area (Å²) in [6.07, 6.45) is 0.583. The predicted molar refractivity (Wildman–Crippen MR) is 75.4 cm³/mol. The highest BCUT2D eigenvalue weighted by molar-refractivity contribution is 5.82. The molecule has 1 heterocycles. The van der Waals surface area contributed by atoms with E-state index in [9.17, 15) is 9.59 Å². The van der Waals surface area contributed by atoms with Crippen molar-refractivity contribution in [3.05, 3.63) is 0 Å². The van der Waals surface area contributed by atoms with Gasteiger partial charge in [-0.25, -0.2) is 0 Å². The molecule has 0 saturated carbocycles. The van der Waals surface area contributed by atoms with Crippen molar-refractivity contribution in [2.75, 3.05) is 26.2 Å². The molecule has 1 atom stereocenters. The van der Waals surface area contributed by atoms with Crippen LogP contribution in [0.3, 0.4) is 0 Å². The number of hydrogen-bond donors (Lipinski definition) is 1. The lowest BCUT2D eigenvalue weighted by Crippen LogP contribution is -2.55. The molecule has 110 valence electrons. The lowest BCUT2D eigenvalue weighted by molar-refractivity contribution is -0.141. The Kier molecular flexibility index (Phi) is 5.79. The Bertz CT molecular complexity index is 321. The number of rotatable bonds is 4. The summed E-state index contributed by atoms with van der Waals surface area (Å²) < 4.78 is 0. The maximum atomic E-state index is 12.1. The Morgan fingerprint density at radius 2 is 1.47 bits per heavy atom. The SMILES string of the molecule is CC(C)CC(=O)N1CCN(C(=O)C(N)C(C)C)CC1. The van der Waals surface area contributed by atoms with Crippen LogP contribution in [0.4, 0.5) is 0 Å². The van der Waals surface area contributed by atoms with Crippen LogP contribution in [0.25, 0.3) is 0 Å². The molecule has 1 saturated heterocycles. The van der Waals surface area contributed by atoms with Gasteiger partial charge in [-0.1, -0.05) is 27.7 Å². The van der Waals surface area contributed by atoms with Gasteiger partial charge in [-0.3, -0.25) is 9.59 Å². The van der Waals surface area contributed by atoms with Gasteiger partial charge in [0.25, 0.3) is 0 Å². The smallest absolute Gasteiger partial charge is 0.239 e. The van der Waals surface area contributed by atoms with Crippen LogP contribution in [0.2, 0.25) is 0 Å². The molecule has 2 N–H and O–H groups in total. The molecular weight excluding hydrogens is 242 g/mol. The van der Waals surface area contributed by atoms with Crippen molar-refractivity contribution in [3.8, 4) is 0 Å². The molecule has 0 radical (unpaired) electrons. The molecular formula is C14H27N3O2. The number of carbonyl (C=O) groups excluding carboxylic acids is 2. The van der Waals surface area contributed by atoms with Crippen molar-refractivity contribution in [3.63, 3.8) is 0 Å². The van der Waals surface area contributed by atoms with Gasteiger partial charge in [0.2, 0.25) is 11.8 Å². The van der Waals surface area contributed by atoms with Gasteiger partial charge in [-0.15, -0.1) is 0 Å². The molecule has 1 rings (SSSR count). The average molecular weight is 269 g/mol. The first-order valence-corrected chi connectivity index (χ1v) is 7.15. The van der Waals surface area contributed by atoms with Crippen molar-refractivity contribution >= 4 is 11.8 Å². The summed E-state index contributed by atoms with van der Waals surface area (Å²) >= 11 is 0. The van der Waals surface area contributed by atoms with Crippen LogP contribution in [0, 0.1) is 11.8 Å². The van der Waals surface area contributed by atoms with E-state index in [1.54, 1.807) is 4.90 Å². The molecule has 0 aromatic carbocycles. The van der Waals surface area contributed by atoms with Gasteiger partial charge in [0.05, 0.1) is 6.04 Å².